The van der Waals surface area contributed by atoms with Crippen LogP contribution in [0.5, 0.6) is 0 Å². The standard InChI is InChI=1S/C13H17NOS/c1-9(10-4-2-5-10)14-13(15)11-6-3-7-12(16)8-11/h3,6-10,16H,2,4-5H2,1H3,(H,14,15). The summed E-state index contributed by atoms with van der Waals surface area (Å²) in [5, 5.41) is 3.05. The molecule has 1 aromatic carbocycles. The SMILES string of the molecule is CC(NC(=O)c1cccc(S)c1)C1CCC1. The summed E-state index contributed by atoms with van der Waals surface area (Å²) in [6.07, 6.45) is 3.79. The molecule has 1 saturated carbocycles. The van der Waals surface area contributed by atoms with Crippen molar-refractivity contribution in [2.24, 2.45) is 5.92 Å². The maximum atomic E-state index is 11.9. The van der Waals surface area contributed by atoms with Gasteiger partial charge in [-0.15, -0.1) is 12.6 Å². The van der Waals surface area contributed by atoms with E-state index < -0.39 is 0 Å². The highest BCUT2D eigenvalue weighted by atomic mass is 32.1. The summed E-state index contributed by atoms with van der Waals surface area (Å²) < 4.78 is 0. The van der Waals surface area contributed by atoms with Gasteiger partial charge in [0.1, 0.15) is 0 Å². The van der Waals surface area contributed by atoms with Gasteiger partial charge < -0.3 is 5.32 Å². The molecule has 1 aliphatic carbocycles. The Morgan fingerprint density at radius 3 is 2.81 bits per heavy atom. The number of hydrogen-bond donors (Lipinski definition) is 2. The van der Waals surface area contributed by atoms with Crippen LogP contribution in [0.25, 0.3) is 0 Å². The summed E-state index contributed by atoms with van der Waals surface area (Å²) in [5.41, 5.74) is 0.693. The Kier molecular flexibility index (Phi) is 3.54. The van der Waals surface area contributed by atoms with Crippen LogP contribution in [0.2, 0.25) is 0 Å². The molecule has 0 aromatic heterocycles. The number of carbonyl (C=O) groups is 1. The van der Waals surface area contributed by atoms with Gasteiger partial charge in [0.15, 0.2) is 0 Å². The van der Waals surface area contributed by atoms with Crippen LogP contribution < -0.4 is 5.32 Å². The molecule has 0 saturated heterocycles. The molecule has 1 aromatic rings. The van der Waals surface area contributed by atoms with Crippen LogP contribution in [0, 0.1) is 5.92 Å². The van der Waals surface area contributed by atoms with E-state index in [2.05, 4.69) is 24.9 Å². The largest absolute Gasteiger partial charge is 0.349 e. The Morgan fingerprint density at radius 2 is 2.25 bits per heavy atom. The number of thiol groups is 1. The predicted octanol–water partition coefficient (Wildman–Crippen LogP) is 2.89. The molecule has 1 N–H and O–H groups in total. The van der Waals surface area contributed by atoms with Gasteiger partial charge in [-0.3, -0.25) is 4.79 Å². The first-order chi connectivity index (χ1) is 7.66. The van der Waals surface area contributed by atoms with E-state index in [-0.39, 0.29) is 11.9 Å². The molecule has 16 heavy (non-hydrogen) atoms. The molecule has 1 amide bonds. The van der Waals surface area contributed by atoms with Crippen molar-refractivity contribution in [3.63, 3.8) is 0 Å². The average Bonchev–Trinajstić information content (AvgIpc) is 2.14. The lowest BCUT2D eigenvalue weighted by Gasteiger charge is -2.31. The van der Waals surface area contributed by atoms with Crippen molar-refractivity contribution in [2.45, 2.75) is 37.1 Å². The predicted molar refractivity (Wildman–Crippen MR) is 68.0 cm³/mol. The van der Waals surface area contributed by atoms with Crippen LogP contribution in [-0.4, -0.2) is 11.9 Å². The second-order valence-corrected chi connectivity index (χ2v) is 5.02. The number of rotatable bonds is 3. The summed E-state index contributed by atoms with van der Waals surface area (Å²) in [5.74, 6) is 0.679. The van der Waals surface area contributed by atoms with Crippen LogP contribution in [0.1, 0.15) is 36.5 Å². The number of carbonyl (C=O) groups excluding carboxylic acids is 1. The van der Waals surface area contributed by atoms with Gasteiger partial charge in [0.05, 0.1) is 0 Å². The summed E-state index contributed by atoms with van der Waals surface area (Å²) >= 11 is 4.23. The maximum absolute atomic E-state index is 11.9. The molecule has 0 heterocycles. The lowest BCUT2D eigenvalue weighted by molar-refractivity contribution is 0.0909. The highest BCUT2D eigenvalue weighted by Gasteiger charge is 2.25. The van der Waals surface area contributed by atoms with Crippen molar-refractivity contribution in [2.75, 3.05) is 0 Å². The van der Waals surface area contributed by atoms with E-state index >= 15 is 0 Å². The fraction of sp³-hybridized carbons (Fsp3) is 0.462. The third kappa shape index (κ3) is 2.59. The minimum absolute atomic E-state index is 0.00954. The van der Waals surface area contributed by atoms with Crippen molar-refractivity contribution in [1.29, 1.82) is 0 Å². The Bertz CT molecular complexity index is 387. The van der Waals surface area contributed by atoms with Gasteiger partial charge in [0.2, 0.25) is 0 Å². The van der Waals surface area contributed by atoms with Crippen LogP contribution in [-0.2, 0) is 0 Å². The Morgan fingerprint density at radius 1 is 1.50 bits per heavy atom. The molecular weight excluding hydrogens is 218 g/mol. The molecule has 1 unspecified atom stereocenters. The van der Waals surface area contributed by atoms with E-state index in [1.54, 1.807) is 6.07 Å². The van der Waals surface area contributed by atoms with Gasteiger partial charge in [-0.2, -0.15) is 0 Å². The van der Waals surface area contributed by atoms with E-state index in [4.69, 9.17) is 0 Å². The van der Waals surface area contributed by atoms with Gasteiger partial charge in [-0.1, -0.05) is 12.5 Å². The normalized spacial score (nSPS) is 17.6. The Balaban J connectivity index is 1.96. The quantitative estimate of drug-likeness (QED) is 0.775. The maximum Gasteiger partial charge on any atom is 0.251 e. The Labute approximate surface area is 102 Å². The van der Waals surface area contributed by atoms with Gasteiger partial charge in [-0.05, 0) is 43.9 Å². The molecule has 2 rings (SSSR count). The minimum Gasteiger partial charge on any atom is -0.349 e. The number of hydrogen-bond acceptors (Lipinski definition) is 2. The molecule has 1 fully saturated rings. The summed E-state index contributed by atoms with van der Waals surface area (Å²) in [6, 6.07) is 7.62. The van der Waals surface area contributed by atoms with Gasteiger partial charge in [-0.25, -0.2) is 0 Å². The van der Waals surface area contributed by atoms with Crippen LogP contribution in [0.15, 0.2) is 29.2 Å². The van der Waals surface area contributed by atoms with E-state index in [0.29, 0.717) is 11.5 Å². The van der Waals surface area contributed by atoms with E-state index in [0.717, 1.165) is 4.90 Å². The third-order valence-electron chi connectivity index (χ3n) is 3.32. The summed E-state index contributed by atoms with van der Waals surface area (Å²) in [7, 11) is 0. The van der Waals surface area contributed by atoms with Crippen LogP contribution in [0.4, 0.5) is 0 Å². The van der Waals surface area contributed by atoms with Crippen molar-refractivity contribution in [1.82, 2.24) is 5.32 Å². The molecule has 0 aliphatic heterocycles. The first kappa shape index (κ1) is 11.5. The molecule has 2 nitrogen and oxygen atoms in total. The van der Waals surface area contributed by atoms with E-state index in [1.165, 1.54) is 19.3 Å². The van der Waals surface area contributed by atoms with Crippen LogP contribution >= 0.6 is 12.6 Å². The minimum atomic E-state index is 0.00954. The third-order valence-corrected chi connectivity index (χ3v) is 3.60. The second kappa shape index (κ2) is 4.91. The van der Waals surface area contributed by atoms with Crippen molar-refractivity contribution in [3.05, 3.63) is 29.8 Å². The first-order valence-corrected chi connectivity index (χ1v) is 6.21. The van der Waals surface area contributed by atoms with Crippen molar-refractivity contribution < 1.29 is 4.79 Å². The van der Waals surface area contributed by atoms with Gasteiger partial charge in [0.25, 0.3) is 5.91 Å². The molecule has 1 atom stereocenters. The molecule has 0 spiro atoms. The zero-order valence-corrected chi connectivity index (χ0v) is 10.3. The van der Waals surface area contributed by atoms with E-state index in [9.17, 15) is 4.79 Å². The molecule has 3 heteroatoms. The highest BCUT2D eigenvalue weighted by molar-refractivity contribution is 7.80. The molecule has 0 bridgehead atoms. The fourth-order valence-corrected chi connectivity index (χ4v) is 2.22. The number of nitrogens with one attached hydrogen (secondary N) is 1. The lowest BCUT2D eigenvalue weighted by atomic mass is 9.80. The number of benzene rings is 1. The average molecular weight is 235 g/mol. The summed E-state index contributed by atoms with van der Waals surface area (Å²) in [4.78, 5) is 12.7. The smallest absolute Gasteiger partial charge is 0.251 e. The zero-order chi connectivity index (χ0) is 11.5. The zero-order valence-electron chi connectivity index (χ0n) is 9.44. The topological polar surface area (TPSA) is 29.1 Å². The molecular formula is C13H17NOS. The van der Waals surface area contributed by atoms with Gasteiger partial charge in [0, 0.05) is 16.5 Å². The molecule has 0 radical (unpaired) electrons. The highest BCUT2D eigenvalue weighted by Crippen LogP contribution is 2.29. The molecule has 86 valence electrons. The van der Waals surface area contributed by atoms with Crippen molar-refractivity contribution in [3.8, 4) is 0 Å². The van der Waals surface area contributed by atoms with Gasteiger partial charge >= 0.3 is 0 Å². The van der Waals surface area contributed by atoms with Crippen molar-refractivity contribution >= 4 is 18.5 Å². The molecule has 1 aliphatic rings. The summed E-state index contributed by atoms with van der Waals surface area (Å²) in [6.45, 7) is 2.09. The van der Waals surface area contributed by atoms with Crippen LogP contribution in [0.3, 0.4) is 0 Å². The second-order valence-electron chi connectivity index (χ2n) is 4.50. The lowest BCUT2D eigenvalue weighted by Crippen LogP contribution is -2.40. The Hall–Kier alpha value is -0.960. The first-order valence-electron chi connectivity index (χ1n) is 5.76. The van der Waals surface area contributed by atoms with E-state index in [1.807, 2.05) is 18.2 Å². The number of amides is 1. The monoisotopic (exact) mass is 235 g/mol. The fourth-order valence-electron chi connectivity index (χ4n) is 1.99.